The Hall–Kier alpha value is -2.66. The Morgan fingerprint density at radius 2 is 1.96 bits per heavy atom. The maximum Gasteiger partial charge on any atom is 0.335 e. The highest BCUT2D eigenvalue weighted by Crippen LogP contribution is 2.43. The first-order chi connectivity index (χ1) is 12.6. The molecule has 0 N–H and O–H groups in total. The van der Waals surface area contributed by atoms with E-state index in [0.29, 0.717) is 31.6 Å². The van der Waals surface area contributed by atoms with Crippen molar-refractivity contribution in [2.75, 3.05) is 13.2 Å². The quantitative estimate of drug-likeness (QED) is 0.627. The first-order valence-electron chi connectivity index (χ1n) is 9.05. The fourth-order valence-electron chi connectivity index (χ4n) is 3.91. The van der Waals surface area contributed by atoms with Crippen molar-refractivity contribution in [2.45, 2.75) is 32.7 Å². The van der Waals surface area contributed by atoms with Crippen LogP contribution in [-0.4, -0.2) is 35.0 Å². The summed E-state index contributed by atoms with van der Waals surface area (Å²) in [5.41, 5.74) is 2.45. The maximum atomic E-state index is 12.4. The van der Waals surface area contributed by atoms with Crippen LogP contribution < -0.4 is 0 Å². The molecule has 2 aromatic carbocycles. The Kier molecular flexibility index (Phi) is 4.24. The molecule has 2 saturated heterocycles. The molecule has 0 saturated carbocycles. The zero-order valence-corrected chi connectivity index (χ0v) is 15.1. The molecule has 2 heterocycles. The van der Waals surface area contributed by atoms with Gasteiger partial charge in [0.2, 0.25) is 5.91 Å². The number of carbonyl (C=O) groups is 2. The van der Waals surface area contributed by atoms with Crippen molar-refractivity contribution < 1.29 is 14.3 Å². The number of nitrogens with zero attached hydrogens (tertiary/aromatic N) is 2. The number of carbonyl (C=O) groups excluding carboxylic acids is 2. The predicted octanol–water partition coefficient (Wildman–Crippen LogP) is 3.57. The summed E-state index contributed by atoms with van der Waals surface area (Å²) in [6.07, 6.45) is 1.11. The summed E-state index contributed by atoms with van der Waals surface area (Å²) in [7, 11) is 0. The van der Waals surface area contributed by atoms with Crippen molar-refractivity contribution >= 4 is 22.6 Å². The van der Waals surface area contributed by atoms with Gasteiger partial charge in [0, 0.05) is 19.4 Å². The molecule has 1 atom stereocenters. The van der Waals surface area contributed by atoms with Crippen molar-refractivity contribution in [2.24, 2.45) is 0 Å². The largest absolute Gasteiger partial charge is 0.463 e. The average Bonchev–Trinajstić information content (AvgIpc) is 3.22. The molecule has 5 nitrogen and oxygen atoms in total. The summed E-state index contributed by atoms with van der Waals surface area (Å²) in [5.74, 6) is -0.298. The Labute approximate surface area is 152 Å². The third kappa shape index (κ3) is 2.69. The van der Waals surface area contributed by atoms with Gasteiger partial charge in [0.05, 0.1) is 23.9 Å². The zero-order valence-electron chi connectivity index (χ0n) is 15.1. The molecule has 4 rings (SSSR count). The second kappa shape index (κ2) is 6.57. The molecule has 26 heavy (non-hydrogen) atoms. The molecular weight excluding hydrogens is 328 g/mol. The Morgan fingerprint density at radius 1 is 1.19 bits per heavy atom. The van der Waals surface area contributed by atoms with Crippen molar-refractivity contribution in [1.29, 1.82) is 0 Å². The molecule has 0 spiro atoms. The molecule has 2 aliphatic rings. The van der Waals surface area contributed by atoms with E-state index in [1.807, 2.05) is 12.1 Å². The van der Waals surface area contributed by atoms with E-state index in [4.69, 9.17) is 4.74 Å². The predicted molar refractivity (Wildman–Crippen MR) is 98.8 cm³/mol. The topological polar surface area (TPSA) is 49.9 Å². The van der Waals surface area contributed by atoms with E-state index in [2.05, 4.69) is 35.3 Å². The number of amides is 1. The summed E-state index contributed by atoms with van der Waals surface area (Å²) in [5, 5.41) is 6.17. The Balaban J connectivity index is 1.74. The molecule has 134 valence electrons. The van der Waals surface area contributed by atoms with Gasteiger partial charge in [-0.25, -0.2) is 14.8 Å². The van der Waals surface area contributed by atoms with Gasteiger partial charge >= 0.3 is 5.97 Å². The number of esters is 1. The maximum absolute atomic E-state index is 12.4. The van der Waals surface area contributed by atoms with Crippen molar-refractivity contribution in [3.05, 3.63) is 59.3 Å². The molecular formula is C21H22N2O3. The molecule has 0 aliphatic carbocycles. The van der Waals surface area contributed by atoms with E-state index in [0.717, 1.165) is 11.3 Å². The SMILES string of the molecule is CCOC(=O)/C(C)=C1/CC(c2ccc3ccccc3c2)N2CCC(=O)N12. The van der Waals surface area contributed by atoms with Gasteiger partial charge in [-0.1, -0.05) is 36.4 Å². The van der Waals surface area contributed by atoms with E-state index < -0.39 is 0 Å². The molecule has 2 aromatic rings. The second-order valence-corrected chi connectivity index (χ2v) is 6.74. The zero-order chi connectivity index (χ0) is 18.3. The molecule has 2 fully saturated rings. The van der Waals surface area contributed by atoms with E-state index in [9.17, 15) is 9.59 Å². The third-order valence-corrected chi connectivity index (χ3v) is 5.22. The van der Waals surface area contributed by atoms with Crippen LogP contribution in [0.3, 0.4) is 0 Å². The third-order valence-electron chi connectivity index (χ3n) is 5.22. The number of hydrogen-bond acceptors (Lipinski definition) is 4. The molecule has 0 bridgehead atoms. The minimum atomic E-state index is -0.346. The number of ether oxygens (including phenoxy) is 1. The molecule has 5 heteroatoms. The summed E-state index contributed by atoms with van der Waals surface area (Å²) in [6, 6.07) is 14.7. The summed E-state index contributed by atoms with van der Waals surface area (Å²) < 4.78 is 5.15. The first-order valence-corrected chi connectivity index (χ1v) is 9.05. The fourth-order valence-corrected chi connectivity index (χ4v) is 3.91. The van der Waals surface area contributed by atoms with Gasteiger partial charge in [0.15, 0.2) is 0 Å². The lowest BCUT2D eigenvalue weighted by atomic mass is 9.98. The van der Waals surface area contributed by atoms with Gasteiger partial charge < -0.3 is 4.74 Å². The molecule has 2 aliphatic heterocycles. The van der Waals surface area contributed by atoms with E-state index in [-0.39, 0.29) is 17.9 Å². The highest BCUT2D eigenvalue weighted by Gasteiger charge is 2.45. The lowest BCUT2D eigenvalue weighted by molar-refractivity contribution is -0.138. The van der Waals surface area contributed by atoms with Crippen molar-refractivity contribution in [3.63, 3.8) is 0 Å². The van der Waals surface area contributed by atoms with Crippen LogP contribution in [0.1, 0.15) is 38.3 Å². The number of hydrazine groups is 1. The van der Waals surface area contributed by atoms with Crippen LogP contribution in [0.5, 0.6) is 0 Å². The lowest BCUT2D eigenvalue weighted by Crippen LogP contribution is -2.33. The van der Waals surface area contributed by atoms with Crippen LogP contribution in [-0.2, 0) is 14.3 Å². The summed E-state index contributed by atoms with van der Waals surface area (Å²) in [6.45, 7) is 4.54. The number of fused-ring (bicyclic) bond motifs is 2. The minimum absolute atomic E-state index is 0.0481. The smallest absolute Gasteiger partial charge is 0.335 e. The van der Waals surface area contributed by atoms with Crippen LogP contribution in [0, 0.1) is 0 Å². The normalized spacial score (nSPS) is 22.0. The molecule has 0 aromatic heterocycles. The summed E-state index contributed by atoms with van der Waals surface area (Å²) >= 11 is 0. The lowest BCUT2D eigenvalue weighted by Gasteiger charge is -2.25. The van der Waals surface area contributed by atoms with Crippen LogP contribution in [0.25, 0.3) is 10.8 Å². The standard InChI is InChI=1S/C21H22N2O3/c1-3-26-21(25)14(2)18-13-19(22-11-10-20(24)23(18)22)17-9-8-15-6-4-5-7-16(15)12-17/h4-9,12,19H,3,10-11,13H2,1-2H3/b18-14-. The van der Waals surface area contributed by atoms with Crippen LogP contribution in [0.4, 0.5) is 0 Å². The summed E-state index contributed by atoms with van der Waals surface area (Å²) in [4.78, 5) is 24.6. The first kappa shape index (κ1) is 16.8. The van der Waals surface area contributed by atoms with Gasteiger partial charge in [0.1, 0.15) is 0 Å². The molecule has 0 radical (unpaired) electrons. The van der Waals surface area contributed by atoms with Gasteiger partial charge in [-0.2, -0.15) is 0 Å². The van der Waals surface area contributed by atoms with E-state index in [1.165, 1.54) is 10.8 Å². The number of rotatable bonds is 3. The Morgan fingerprint density at radius 3 is 2.73 bits per heavy atom. The highest BCUT2D eigenvalue weighted by molar-refractivity contribution is 5.91. The Bertz CT molecular complexity index is 918. The van der Waals surface area contributed by atoms with E-state index in [1.54, 1.807) is 18.9 Å². The number of benzene rings is 2. The second-order valence-electron chi connectivity index (χ2n) is 6.74. The molecule has 1 amide bonds. The monoisotopic (exact) mass is 350 g/mol. The highest BCUT2D eigenvalue weighted by atomic mass is 16.5. The fraction of sp³-hybridized carbons (Fsp3) is 0.333. The van der Waals surface area contributed by atoms with Gasteiger partial charge in [-0.3, -0.25) is 4.79 Å². The molecule has 1 unspecified atom stereocenters. The van der Waals surface area contributed by atoms with E-state index >= 15 is 0 Å². The minimum Gasteiger partial charge on any atom is -0.463 e. The van der Waals surface area contributed by atoms with Crippen molar-refractivity contribution in [1.82, 2.24) is 10.0 Å². The van der Waals surface area contributed by atoms with Crippen LogP contribution in [0.15, 0.2) is 53.7 Å². The van der Waals surface area contributed by atoms with Gasteiger partial charge in [-0.15, -0.1) is 0 Å². The van der Waals surface area contributed by atoms with Crippen LogP contribution in [0.2, 0.25) is 0 Å². The average molecular weight is 350 g/mol. The van der Waals surface area contributed by atoms with Gasteiger partial charge in [-0.05, 0) is 36.2 Å². The number of hydrogen-bond donors (Lipinski definition) is 0. The van der Waals surface area contributed by atoms with Gasteiger partial charge in [0.25, 0.3) is 0 Å². The van der Waals surface area contributed by atoms with Crippen LogP contribution >= 0.6 is 0 Å². The van der Waals surface area contributed by atoms with Crippen molar-refractivity contribution in [3.8, 4) is 0 Å².